The van der Waals surface area contributed by atoms with Gasteiger partial charge in [0.1, 0.15) is 0 Å². The van der Waals surface area contributed by atoms with Crippen LogP contribution < -0.4 is 5.32 Å². The van der Waals surface area contributed by atoms with Gasteiger partial charge in [-0.05, 0) is 42.7 Å². The summed E-state index contributed by atoms with van der Waals surface area (Å²) in [5, 5.41) is 4.31. The third-order valence-electron chi connectivity index (χ3n) is 4.74. The Morgan fingerprint density at radius 3 is 2.58 bits per heavy atom. The van der Waals surface area contributed by atoms with Gasteiger partial charge < -0.3 is 9.88 Å². The fourth-order valence-electron chi connectivity index (χ4n) is 3.22. The molecule has 3 aromatic rings. The van der Waals surface area contributed by atoms with E-state index >= 15 is 0 Å². The SMILES string of the molecule is CC[C@@H](C(=O)NCc1ccc2c(c1)cc(C)n2C)c1ccccc1. The molecule has 0 saturated heterocycles. The first-order valence-electron chi connectivity index (χ1n) is 8.47. The molecule has 24 heavy (non-hydrogen) atoms. The molecule has 0 aliphatic rings. The average Bonchev–Trinajstić information content (AvgIpc) is 2.88. The maximum absolute atomic E-state index is 12.6. The Morgan fingerprint density at radius 1 is 1.12 bits per heavy atom. The summed E-state index contributed by atoms with van der Waals surface area (Å²) in [6.45, 7) is 4.72. The lowest BCUT2D eigenvalue weighted by Gasteiger charge is -2.15. The first-order chi connectivity index (χ1) is 11.6. The van der Waals surface area contributed by atoms with Crippen LogP contribution in [-0.2, 0) is 18.4 Å². The average molecular weight is 320 g/mol. The van der Waals surface area contributed by atoms with Crippen LogP contribution >= 0.6 is 0 Å². The van der Waals surface area contributed by atoms with E-state index in [-0.39, 0.29) is 11.8 Å². The molecule has 0 radical (unpaired) electrons. The Labute approximate surface area is 143 Å². The number of amides is 1. The molecule has 0 aliphatic carbocycles. The predicted molar refractivity (Wildman–Crippen MR) is 99.0 cm³/mol. The van der Waals surface area contributed by atoms with E-state index in [0.717, 1.165) is 17.5 Å². The van der Waals surface area contributed by atoms with E-state index in [1.54, 1.807) is 0 Å². The number of fused-ring (bicyclic) bond motifs is 1. The lowest BCUT2D eigenvalue weighted by Crippen LogP contribution is -2.28. The lowest BCUT2D eigenvalue weighted by atomic mass is 9.95. The van der Waals surface area contributed by atoms with Gasteiger partial charge in [-0.15, -0.1) is 0 Å². The Morgan fingerprint density at radius 2 is 1.88 bits per heavy atom. The highest BCUT2D eigenvalue weighted by Crippen LogP contribution is 2.21. The molecular weight excluding hydrogens is 296 g/mol. The molecule has 0 unspecified atom stereocenters. The molecule has 0 fully saturated rings. The zero-order valence-corrected chi connectivity index (χ0v) is 14.5. The van der Waals surface area contributed by atoms with Crippen LogP contribution in [0.2, 0.25) is 0 Å². The summed E-state index contributed by atoms with van der Waals surface area (Å²) >= 11 is 0. The van der Waals surface area contributed by atoms with Crippen LogP contribution in [0.15, 0.2) is 54.6 Å². The summed E-state index contributed by atoms with van der Waals surface area (Å²) in [5.41, 5.74) is 4.66. The quantitative estimate of drug-likeness (QED) is 0.747. The van der Waals surface area contributed by atoms with Crippen LogP contribution in [0, 0.1) is 6.92 Å². The number of nitrogens with one attached hydrogen (secondary N) is 1. The molecule has 1 N–H and O–H groups in total. The van der Waals surface area contributed by atoms with E-state index in [1.807, 2.05) is 30.3 Å². The summed E-state index contributed by atoms with van der Waals surface area (Å²) in [4.78, 5) is 12.6. The van der Waals surface area contributed by atoms with Crippen molar-refractivity contribution in [3.8, 4) is 0 Å². The topological polar surface area (TPSA) is 34.0 Å². The highest BCUT2D eigenvalue weighted by molar-refractivity contribution is 5.84. The molecule has 3 heteroatoms. The van der Waals surface area contributed by atoms with Gasteiger partial charge in [0, 0.05) is 30.2 Å². The van der Waals surface area contributed by atoms with Crippen molar-refractivity contribution in [3.63, 3.8) is 0 Å². The van der Waals surface area contributed by atoms with Gasteiger partial charge >= 0.3 is 0 Å². The molecule has 3 rings (SSSR count). The Bertz CT molecular complexity index is 849. The number of nitrogens with zero attached hydrogens (tertiary/aromatic N) is 1. The van der Waals surface area contributed by atoms with Crippen LogP contribution in [0.4, 0.5) is 0 Å². The molecule has 1 atom stereocenters. The molecule has 0 saturated carbocycles. The normalized spacial score (nSPS) is 12.3. The lowest BCUT2D eigenvalue weighted by molar-refractivity contribution is -0.122. The Balaban J connectivity index is 1.71. The molecule has 1 heterocycles. The third kappa shape index (κ3) is 3.21. The fourth-order valence-corrected chi connectivity index (χ4v) is 3.22. The number of aryl methyl sites for hydroxylation is 2. The first-order valence-corrected chi connectivity index (χ1v) is 8.47. The standard InChI is InChI=1S/C21H24N2O/c1-4-19(17-8-6-5-7-9-17)21(24)22-14-16-10-11-20-18(13-16)12-15(2)23(20)3/h5-13,19H,4,14H2,1-3H3,(H,22,24)/t19-/m1/s1. The Hall–Kier alpha value is -2.55. The fraction of sp³-hybridized carbons (Fsp3) is 0.286. The summed E-state index contributed by atoms with van der Waals surface area (Å²) in [7, 11) is 2.07. The van der Waals surface area contributed by atoms with Crippen molar-refractivity contribution < 1.29 is 4.79 Å². The molecule has 1 aromatic heterocycles. The second-order valence-corrected chi connectivity index (χ2v) is 6.33. The predicted octanol–water partition coefficient (Wildman–Crippen LogP) is 4.30. The van der Waals surface area contributed by atoms with Crippen molar-refractivity contribution in [2.24, 2.45) is 7.05 Å². The van der Waals surface area contributed by atoms with Gasteiger partial charge in [-0.1, -0.05) is 43.3 Å². The van der Waals surface area contributed by atoms with E-state index in [0.29, 0.717) is 6.54 Å². The Kier molecular flexibility index (Phi) is 4.70. The van der Waals surface area contributed by atoms with Gasteiger partial charge in [-0.3, -0.25) is 4.79 Å². The first kappa shape index (κ1) is 16.3. The minimum absolute atomic E-state index is 0.0890. The second kappa shape index (κ2) is 6.91. The van der Waals surface area contributed by atoms with Gasteiger partial charge in [0.15, 0.2) is 0 Å². The van der Waals surface area contributed by atoms with Crippen LogP contribution in [0.25, 0.3) is 10.9 Å². The smallest absolute Gasteiger partial charge is 0.227 e. The van der Waals surface area contributed by atoms with Crippen molar-refractivity contribution >= 4 is 16.8 Å². The molecular formula is C21H24N2O. The second-order valence-electron chi connectivity index (χ2n) is 6.33. The molecule has 0 aliphatic heterocycles. The summed E-state index contributed by atoms with van der Waals surface area (Å²) in [6, 6.07) is 18.5. The van der Waals surface area contributed by atoms with Crippen LogP contribution in [-0.4, -0.2) is 10.5 Å². The van der Waals surface area contributed by atoms with Crippen molar-refractivity contribution in [2.45, 2.75) is 32.7 Å². The van der Waals surface area contributed by atoms with E-state index in [1.165, 1.54) is 16.6 Å². The zero-order valence-electron chi connectivity index (χ0n) is 14.5. The highest BCUT2D eigenvalue weighted by Gasteiger charge is 2.17. The van der Waals surface area contributed by atoms with Crippen molar-refractivity contribution in [3.05, 3.63) is 71.4 Å². The number of carbonyl (C=O) groups excluding carboxylic acids is 1. The van der Waals surface area contributed by atoms with Crippen molar-refractivity contribution in [1.82, 2.24) is 9.88 Å². The van der Waals surface area contributed by atoms with Crippen molar-refractivity contribution in [1.29, 1.82) is 0 Å². The monoisotopic (exact) mass is 320 g/mol. The number of aromatic nitrogens is 1. The van der Waals surface area contributed by atoms with Gasteiger partial charge in [0.05, 0.1) is 5.92 Å². The molecule has 0 spiro atoms. The molecule has 124 valence electrons. The molecule has 2 aromatic carbocycles. The number of hydrogen-bond donors (Lipinski definition) is 1. The van der Waals surface area contributed by atoms with Gasteiger partial charge in [0.25, 0.3) is 0 Å². The van der Waals surface area contributed by atoms with Gasteiger partial charge in [0.2, 0.25) is 5.91 Å². The third-order valence-corrected chi connectivity index (χ3v) is 4.74. The number of carbonyl (C=O) groups is 1. The maximum atomic E-state index is 12.6. The van der Waals surface area contributed by atoms with E-state index in [9.17, 15) is 4.79 Å². The number of hydrogen-bond acceptors (Lipinski definition) is 1. The van der Waals surface area contributed by atoms with E-state index < -0.39 is 0 Å². The maximum Gasteiger partial charge on any atom is 0.227 e. The van der Waals surface area contributed by atoms with Crippen LogP contribution in [0.3, 0.4) is 0 Å². The number of benzene rings is 2. The minimum Gasteiger partial charge on any atom is -0.351 e. The molecule has 1 amide bonds. The highest BCUT2D eigenvalue weighted by atomic mass is 16.1. The minimum atomic E-state index is -0.0890. The summed E-state index contributed by atoms with van der Waals surface area (Å²) < 4.78 is 2.18. The van der Waals surface area contributed by atoms with E-state index in [4.69, 9.17) is 0 Å². The van der Waals surface area contributed by atoms with E-state index in [2.05, 4.69) is 55.0 Å². The largest absolute Gasteiger partial charge is 0.351 e. The summed E-state index contributed by atoms with van der Waals surface area (Å²) in [6.07, 6.45) is 0.798. The molecule has 0 bridgehead atoms. The van der Waals surface area contributed by atoms with Gasteiger partial charge in [-0.2, -0.15) is 0 Å². The molecule has 3 nitrogen and oxygen atoms in total. The van der Waals surface area contributed by atoms with Crippen LogP contribution in [0.5, 0.6) is 0 Å². The zero-order chi connectivity index (χ0) is 17.1. The summed E-state index contributed by atoms with van der Waals surface area (Å²) in [5.74, 6) is 0.00180. The van der Waals surface area contributed by atoms with Crippen molar-refractivity contribution in [2.75, 3.05) is 0 Å². The van der Waals surface area contributed by atoms with Gasteiger partial charge in [-0.25, -0.2) is 0 Å². The van der Waals surface area contributed by atoms with Crippen LogP contribution in [0.1, 0.15) is 36.1 Å². The number of rotatable bonds is 5.